The summed E-state index contributed by atoms with van der Waals surface area (Å²) in [5.74, 6) is 0.966. The third-order valence-corrected chi connectivity index (χ3v) is 6.19. The third-order valence-electron chi connectivity index (χ3n) is 6.19. The first-order valence-corrected chi connectivity index (χ1v) is 10.4. The Morgan fingerprint density at radius 1 is 1.03 bits per heavy atom. The van der Waals surface area contributed by atoms with E-state index < -0.39 is 0 Å². The van der Waals surface area contributed by atoms with Crippen LogP contribution in [-0.2, 0) is 32.6 Å². The van der Waals surface area contributed by atoms with E-state index in [-0.39, 0.29) is 5.56 Å². The molecule has 0 fully saturated rings. The first-order valence-electron chi connectivity index (χ1n) is 10.4. The Hall–Kier alpha value is -2.92. The van der Waals surface area contributed by atoms with Crippen molar-refractivity contribution in [1.29, 1.82) is 0 Å². The molecule has 0 bridgehead atoms. The van der Waals surface area contributed by atoms with Gasteiger partial charge >= 0.3 is 11.5 Å². The molecule has 0 saturated heterocycles. The predicted octanol–water partition coefficient (Wildman–Crippen LogP) is 2.48. The summed E-state index contributed by atoms with van der Waals surface area (Å²) < 4.78 is 4.29. The van der Waals surface area contributed by atoms with Gasteiger partial charge in [0.25, 0.3) is 0 Å². The molecule has 29 heavy (non-hydrogen) atoms. The molecule has 5 rings (SSSR count). The van der Waals surface area contributed by atoms with Crippen molar-refractivity contribution in [1.82, 2.24) is 9.47 Å². The number of hydrogen-bond acceptors (Lipinski definition) is 3. The smallest absolute Gasteiger partial charge is 0.294 e. The summed E-state index contributed by atoms with van der Waals surface area (Å²) in [5.41, 5.74) is 6.24. The normalized spacial score (nSPS) is 15.6. The molecule has 1 aromatic heterocycles. The van der Waals surface area contributed by atoms with Crippen LogP contribution in [0.15, 0.2) is 59.4 Å². The van der Waals surface area contributed by atoms with Gasteiger partial charge in [-0.1, -0.05) is 54.6 Å². The average molecular weight is 388 g/mol. The van der Waals surface area contributed by atoms with E-state index >= 15 is 0 Å². The number of nitrogens with zero attached hydrogens (tertiary/aromatic N) is 3. The highest BCUT2D eigenvalue weighted by molar-refractivity contribution is 5.31. The van der Waals surface area contributed by atoms with Crippen molar-refractivity contribution < 1.29 is 4.57 Å². The number of hydrogen-bond donors (Lipinski definition) is 1. The van der Waals surface area contributed by atoms with Crippen molar-refractivity contribution in [2.45, 2.75) is 39.5 Å². The van der Waals surface area contributed by atoms with Crippen molar-refractivity contribution in [2.75, 3.05) is 18.4 Å². The van der Waals surface area contributed by atoms with E-state index in [9.17, 15) is 4.79 Å². The molecule has 3 aromatic rings. The minimum Gasteiger partial charge on any atom is -0.294 e. The second-order valence-electron chi connectivity index (χ2n) is 8.09. The molecule has 0 unspecified atom stereocenters. The second kappa shape index (κ2) is 7.48. The minimum absolute atomic E-state index is 0.179. The van der Waals surface area contributed by atoms with Crippen LogP contribution in [0.5, 0.6) is 0 Å². The zero-order valence-corrected chi connectivity index (χ0v) is 16.9. The van der Waals surface area contributed by atoms with E-state index in [0.29, 0.717) is 0 Å². The highest BCUT2D eigenvalue weighted by Crippen LogP contribution is 2.20. The number of anilines is 1. The summed E-state index contributed by atoms with van der Waals surface area (Å²) in [6, 6.07) is 19.1. The largest absolute Gasteiger partial charge is 0.361 e. The highest BCUT2D eigenvalue weighted by atomic mass is 16.1. The van der Waals surface area contributed by atoms with Gasteiger partial charge in [-0.3, -0.25) is 15.0 Å². The Balaban J connectivity index is 1.53. The van der Waals surface area contributed by atoms with Crippen LogP contribution in [0.1, 0.15) is 27.9 Å². The number of benzene rings is 2. The molecular formula is C24H27N4O+. The van der Waals surface area contributed by atoms with E-state index in [1.54, 1.807) is 0 Å². The summed E-state index contributed by atoms with van der Waals surface area (Å²) in [6.07, 6.45) is 0.902. The quantitative estimate of drug-likeness (QED) is 0.700. The maximum Gasteiger partial charge on any atom is 0.361 e. The number of aromatic nitrogens is 2. The van der Waals surface area contributed by atoms with E-state index in [0.717, 1.165) is 57.2 Å². The zero-order valence-electron chi connectivity index (χ0n) is 16.9. The fourth-order valence-corrected chi connectivity index (χ4v) is 4.61. The Morgan fingerprint density at radius 3 is 2.66 bits per heavy atom. The van der Waals surface area contributed by atoms with Gasteiger partial charge in [0.1, 0.15) is 6.54 Å². The van der Waals surface area contributed by atoms with Crippen LogP contribution >= 0.6 is 0 Å². The lowest BCUT2D eigenvalue weighted by molar-refractivity contribution is -0.686. The molecule has 5 heteroatoms. The third kappa shape index (κ3) is 3.36. The molecule has 3 heterocycles. The molecule has 2 aliphatic heterocycles. The Bertz CT molecular complexity index is 1100. The van der Waals surface area contributed by atoms with Crippen molar-refractivity contribution in [3.8, 4) is 0 Å². The van der Waals surface area contributed by atoms with Gasteiger partial charge in [-0.05, 0) is 23.6 Å². The second-order valence-corrected chi connectivity index (χ2v) is 8.09. The summed E-state index contributed by atoms with van der Waals surface area (Å²) in [5, 5.41) is 3.46. The molecule has 0 spiro atoms. The van der Waals surface area contributed by atoms with Crippen LogP contribution in [0.4, 0.5) is 5.95 Å². The molecular weight excluding hydrogens is 360 g/mol. The Kier molecular flexibility index (Phi) is 4.68. The van der Waals surface area contributed by atoms with E-state index in [4.69, 9.17) is 0 Å². The van der Waals surface area contributed by atoms with Crippen molar-refractivity contribution >= 4 is 5.95 Å². The summed E-state index contributed by atoms with van der Waals surface area (Å²) in [4.78, 5) is 15.7. The van der Waals surface area contributed by atoms with Crippen LogP contribution in [-0.4, -0.2) is 22.6 Å². The summed E-state index contributed by atoms with van der Waals surface area (Å²) in [6.45, 7) is 7.10. The molecule has 0 saturated carbocycles. The topological polar surface area (TPSA) is 41.1 Å². The molecule has 0 amide bonds. The molecule has 2 aliphatic rings. The maximum absolute atomic E-state index is 13.3. The van der Waals surface area contributed by atoms with Crippen LogP contribution in [0.25, 0.3) is 0 Å². The van der Waals surface area contributed by atoms with E-state index in [1.165, 1.54) is 22.4 Å². The van der Waals surface area contributed by atoms with Crippen molar-refractivity contribution in [2.24, 2.45) is 0 Å². The van der Waals surface area contributed by atoms with Gasteiger partial charge in [0.2, 0.25) is 0 Å². The number of fused-ring (bicyclic) bond motifs is 2. The Labute approximate surface area is 171 Å². The molecule has 2 aromatic carbocycles. The minimum atomic E-state index is 0.179. The van der Waals surface area contributed by atoms with Gasteiger partial charge < -0.3 is 0 Å². The molecule has 0 radical (unpaired) electrons. The fourth-order valence-electron chi connectivity index (χ4n) is 4.61. The first-order chi connectivity index (χ1) is 14.2. The number of aryl methyl sites for hydroxylation is 1. The lowest BCUT2D eigenvalue weighted by Gasteiger charge is -2.29. The van der Waals surface area contributed by atoms with Crippen molar-refractivity contribution in [3.05, 3.63) is 92.9 Å². The first kappa shape index (κ1) is 18.1. The standard InChI is InChI=1S/C24H26N4O/c1-18-7-5-6-10-20(18)16-28-22-11-13-26(15-19-8-3-2-4-9-19)17-21(22)23(29)27-14-12-25-24(27)28/h2-10H,11-17H2,1H3/p+1. The number of rotatable bonds is 4. The van der Waals surface area contributed by atoms with E-state index in [2.05, 4.69) is 70.2 Å². The molecule has 0 atom stereocenters. The summed E-state index contributed by atoms with van der Waals surface area (Å²) in [7, 11) is 0. The van der Waals surface area contributed by atoms with Crippen LogP contribution in [0.3, 0.4) is 0 Å². The van der Waals surface area contributed by atoms with Gasteiger partial charge in [-0.2, -0.15) is 4.57 Å². The summed E-state index contributed by atoms with van der Waals surface area (Å²) >= 11 is 0. The van der Waals surface area contributed by atoms with Gasteiger partial charge in [0.15, 0.2) is 0 Å². The molecule has 148 valence electrons. The SMILES string of the molecule is Cc1ccccc1C[n+]1c2c(c(=O)n3c1NCC3)CN(Cc1ccccc1)CC2. The van der Waals surface area contributed by atoms with Gasteiger partial charge in [0.05, 0.1) is 24.3 Å². The molecule has 1 N–H and O–H groups in total. The van der Waals surface area contributed by atoms with Gasteiger partial charge in [-0.15, -0.1) is 0 Å². The molecule has 5 nitrogen and oxygen atoms in total. The van der Waals surface area contributed by atoms with Crippen molar-refractivity contribution in [3.63, 3.8) is 0 Å². The maximum atomic E-state index is 13.3. The predicted molar refractivity (Wildman–Crippen MR) is 114 cm³/mol. The lowest BCUT2D eigenvalue weighted by atomic mass is 10.0. The average Bonchev–Trinajstić information content (AvgIpc) is 3.23. The fraction of sp³-hybridized carbons (Fsp3) is 0.333. The number of nitrogens with one attached hydrogen (secondary N) is 1. The lowest BCUT2D eigenvalue weighted by Crippen LogP contribution is -2.51. The van der Waals surface area contributed by atoms with Gasteiger partial charge in [0, 0.05) is 26.1 Å². The zero-order chi connectivity index (χ0) is 19.8. The van der Waals surface area contributed by atoms with Crippen LogP contribution in [0, 0.1) is 6.92 Å². The van der Waals surface area contributed by atoms with Crippen LogP contribution in [0.2, 0.25) is 0 Å². The van der Waals surface area contributed by atoms with Gasteiger partial charge in [-0.25, -0.2) is 4.57 Å². The Morgan fingerprint density at radius 2 is 1.83 bits per heavy atom. The monoisotopic (exact) mass is 387 g/mol. The highest BCUT2D eigenvalue weighted by Gasteiger charge is 2.33. The van der Waals surface area contributed by atoms with E-state index in [1.807, 2.05) is 10.6 Å². The molecule has 0 aliphatic carbocycles. The van der Waals surface area contributed by atoms with Crippen LogP contribution < -0.4 is 15.4 Å².